The third kappa shape index (κ3) is 3.65. The molecule has 0 bridgehead atoms. The van der Waals surface area contributed by atoms with Crippen molar-refractivity contribution in [1.29, 1.82) is 0 Å². The zero-order valence-electron chi connectivity index (χ0n) is 14.3. The highest BCUT2D eigenvalue weighted by Gasteiger charge is 2.42. The number of nitrogens with zero attached hydrogens (tertiary/aromatic N) is 3. The molecule has 0 amide bonds. The van der Waals surface area contributed by atoms with E-state index in [1.54, 1.807) is 23.3 Å². The van der Waals surface area contributed by atoms with Crippen molar-refractivity contribution in [2.45, 2.75) is 38.0 Å². The lowest BCUT2D eigenvalue weighted by atomic mass is 9.84. The van der Waals surface area contributed by atoms with E-state index in [0.29, 0.717) is 0 Å². The second-order valence-electron chi connectivity index (χ2n) is 6.75. The Morgan fingerprint density at radius 1 is 1.32 bits per heavy atom. The lowest BCUT2D eigenvalue weighted by molar-refractivity contribution is -0.0635. The highest BCUT2D eigenvalue weighted by Crippen LogP contribution is 2.34. The van der Waals surface area contributed by atoms with E-state index in [9.17, 15) is 13.9 Å². The van der Waals surface area contributed by atoms with E-state index in [2.05, 4.69) is 16.5 Å². The number of rotatable bonds is 5. The Morgan fingerprint density at radius 2 is 2.04 bits per heavy atom. The van der Waals surface area contributed by atoms with Gasteiger partial charge in [-0.3, -0.25) is 4.90 Å². The molecule has 1 aromatic heterocycles. The maximum Gasteiger partial charge on any atom is 0.132 e. The quantitative estimate of drug-likeness (QED) is 0.845. The minimum Gasteiger partial charge on any atom is -0.382 e. The van der Waals surface area contributed by atoms with Gasteiger partial charge in [-0.1, -0.05) is 18.2 Å². The van der Waals surface area contributed by atoms with Gasteiger partial charge in [0.2, 0.25) is 0 Å². The fraction of sp³-hybridized carbons (Fsp3) is 0.421. The van der Waals surface area contributed by atoms with Crippen LogP contribution in [-0.2, 0) is 12.1 Å². The summed E-state index contributed by atoms with van der Waals surface area (Å²) in [6.07, 6.45) is 6.63. The average Bonchev–Trinajstić information content (AvgIpc) is 3.07. The van der Waals surface area contributed by atoms with Crippen LogP contribution in [0.2, 0.25) is 0 Å². The lowest BCUT2D eigenvalue weighted by Crippen LogP contribution is -2.53. The summed E-state index contributed by atoms with van der Waals surface area (Å²) < 4.78 is 29.6. The van der Waals surface area contributed by atoms with Crippen molar-refractivity contribution in [3.8, 4) is 0 Å². The van der Waals surface area contributed by atoms with Crippen LogP contribution < -0.4 is 0 Å². The van der Waals surface area contributed by atoms with Gasteiger partial charge in [0, 0.05) is 43.2 Å². The fourth-order valence-electron chi connectivity index (χ4n) is 3.47. The van der Waals surface area contributed by atoms with Crippen molar-refractivity contribution in [2.75, 3.05) is 13.1 Å². The summed E-state index contributed by atoms with van der Waals surface area (Å²) in [5.41, 5.74) is -0.231. The molecule has 6 heteroatoms. The van der Waals surface area contributed by atoms with Gasteiger partial charge in [0.1, 0.15) is 17.2 Å². The summed E-state index contributed by atoms with van der Waals surface area (Å²) in [5.74, 6) is -1.40. The van der Waals surface area contributed by atoms with E-state index in [4.69, 9.17) is 0 Å². The highest BCUT2D eigenvalue weighted by atomic mass is 19.1. The summed E-state index contributed by atoms with van der Waals surface area (Å²) in [4.78, 5) is 6.12. The molecule has 1 aromatic carbocycles. The monoisotopic (exact) mass is 347 g/mol. The molecule has 1 aliphatic heterocycles. The number of hydrogen-bond acceptors (Lipinski definition) is 3. The van der Waals surface area contributed by atoms with Crippen LogP contribution in [0.3, 0.4) is 0 Å². The van der Waals surface area contributed by atoms with Gasteiger partial charge in [0.25, 0.3) is 0 Å². The van der Waals surface area contributed by atoms with Crippen molar-refractivity contribution in [2.24, 2.45) is 0 Å². The third-order valence-electron chi connectivity index (χ3n) is 5.12. The zero-order chi connectivity index (χ0) is 18.0. The van der Waals surface area contributed by atoms with Gasteiger partial charge in [-0.25, -0.2) is 13.8 Å². The Kier molecular flexibility index (Phi) is 5.01. The van der Waals surface area contributed by atoms with Crippen LogP contribution in [0, 0.1) is 11.6 Å². The van der Waals surface area contributed by atoms with Crippen LogP contribution in [0.25, 0.3) is 0 Å². The number of aromatic nitrogens is 2. The first-order valence-electron chi connectivity index (χ1n) is 8.44. The smallest absolute Gasteiger partial charge is 0.132 e. The lowest BCUT2D eigenvalue weighted by Gasteiger charge is -2.43. The number of halogens is 2. The number of hydrogen-bond donors (Lipinski definition) is 1. The molecule has 2 aromatic rings. The van der Waals surface area contributed by atoms with E-state index in [1.807, 2.05) is 6.92 Å². The van der Waals surface area contributed by atoms with Crippen molar-refractivity contribution in [1.82, 2.24) is 14.5 Å². The number of likely N-dealkylation sites (tertiary alicyclic amines) is 1. The van der Waals surface area contributed by atoms with Crippen LogP contribution in [0.1, 0.15) is 25.3 Å². The van der Waals surface area contributed by atoms with Crippen molar-refractivity contribution in [3.63, 3.8) is 0 Å². The summed E-state index contributed by atoms with van der Waals surface area (Å²) >= 11 is 0. The molecular formula is C19H23F2N3O. The molecule has 4 nitrogen and oxygen atoms in total. The summed E-state index contributed by atoms with van der Waals surface area (Å²) in [5, 5.41) is 11.5. The van der Waals surface area contributed by atoms with Crippen molar-refractivity contribution in [3.05, 3.63) is 66.3 Å². The van der Waals surface area contributed by atoms with Gasteiger partial charge in [-0.15, -0.1) is 0 Å². The molecule has 0 aliphatic carbocycles. The molecule has 25 heavy (non-hydrogen) atoms. The molecule has 0 radical (unpaired) electrons. The first-order valence-corrected chi connectivity index (χ1v) is 8.44. The van der Waals surface area contributed by atoms with Gasteiger partial charge < -0.3 is 9.67 Å². The molecule has 2 heterocycles. The predicted octanol–water partition coefficient (Wildman–Crippen LogP) is 3.09. The van der Waals surface area contributed by atoms with E-state index < -0.39 is 17.2 Å². The molecule has 1 N–H and O–H groups in total. The standard InChI is InChI=1S/C19H23F2N3O/c1-14-5-8-24(9-6-14)15(2)19(25,12-23-10-7-22-13-23)17-4-3-16(20)11-18(17)21/h3-4,7,10-11,13,15,25H,1,5-6,8-9,12H2,2H3. The van der Waals surface area contributed by atoms with Crippen LogP contribution in [-0.4, -0.2) is 38.7 Å². The number of benzene rings is 1. The minimum absolute atomic E-state index is 0.0968. The Morgan fingerprint density at radius 3 is 2.64 bits per heavy atom. The van der Waals surface area contributed by atoms with Gasteiger partial charge in [-0.05, 0) is 25.8 Å². The van der Waals surface area contributed by atoms with Crippen LogP contribution in [0.15, 0.2) is 49.1 Å². The molecule has 3 rings (SSSR count). The van der Waals surface area contributed by atoms with E-state index in [1.165, 1.54) is 17.7 Å². The van der Waals surface area contributed by atoms with E-state index in [0.717, 1.165) is 32.0 Å². The highest BCUT2D eigenvalue weighted by molar-refractivity contribution is 5.27. The Balaban J connectivity index is 1.97. The SMILES string of the molecule is C=C1CCN(C(C)C(O)(Cn2ccnc2)c2ccc(F)cc2F)CC1. The van der Waals surface area contributed by atoms with E-state index in [-0.39, 0.29) is 18.2 Å². The number of imidazole rings is 1. The fourth-order valence-corrected chi connectivity index (χ4v) is 3.47. The van der Waals surface area contributed by atoms with Crippen molar-refractivity contribution < 1.29 is 13.9 Å². The maximum atomic E-state index is 14.5. The minimum atomic E-state index is -1.52. The predicted molar refractivity (Wildman–Crippen MR) is 91.9 cm³/mol. The number of piperidine rings is 1. The van der Waals surface area contributed by atoms with Crippen LogP contribution in [0.5, 0.6) is 0 Å². The van der Waals surface area contributed by atoms with Gasteiger partial charge >= 0.3 is 0 Å². The van der Waals surface area contributed by atoms with Gasteiger partial charge in [-0.2, -0.15) is 0 Å². The topological polar surface area (TPSA) is 41.3 Å². The Labute approximate surface area is 146 Å². The number of aliphatic hydroxyl groups is 1. The average molecular weight is 347 g/mol. The first kappa shape index (κ1) is 17.8. The van der Waals surface area contributed by atoms with Gasteiger partial charge in [0.15, 0.2) is 0 Å². The second kappa shape index (κ2) is 7.06. The maximum absolute atomic E-state index is 14.5. The molecule has 0 saturated carbocycles. The molecule has 1 saturated heterocycles. The zero-order valence-corrected chi connectivity index (χ0v) is 14.3. The molecule has 134 valence electrons. The molecular weight excluding hydrogens is 324 g/mol. The van der Waals surface area contributed by atoms with Crippen LogP contribution >= 0.6 is 0 Å². The van der Waals surface area contributed by atoms with Gasteiger partial charge in [0.05, 0.1) is 12.9 Å². The Bertz CT molecular complexity index is 737. The largest absolute Gasteiger partial charge is 0.382 e. The molecule has 2 atom stereocenters. The normalized spacial score (nSPS) is 19.6. The molecule has 1 aliphatic rings. The third-order valence-corrected chi connectivity index (χ3v) is 5.12. The molecule has 0 spiro atoms. The second-order valence-corrected chi connectivity index (χ2v) is 6.75. The van der Waals surface area contributed by atoms with Crippen molar-refractivity contribution >= 4 is 0 Å². The Hall–Kier alpha value is -2.05. The summed E-state index contributed by atoms with van der Waals surface area (Å²) in [6.45, 7) is 7.54. The summed E-state index contributed by atoms with van der Waals surface area (Å²) in [6, 6.07) is 2.98. The summed E-state index contributed by atoms with van der Waals surface area (Å²) in [7, 11) is 0. The van der Waals surface area contributed by atoms with E-state index >= 15 is 0 Å². The molecule has 2 unspecified atom stereocenters. The van der Waals surface area contributed by atoms with Crippen LogP contribution in [0.4, 0.5) is 8.78 Å². The first-order chi connectivity index (χ1) is 11.9. The molecule has 1 fully saturated rings.